The van der Waals surface area contributed by atoms with Gasteiger partial charge in [-0.1, -0.05) is 50.6 Å². The third-order valence-electron chi connectivity index (χ3n) is 5.79. The lowest BCUT2D eigenvalue weighted by Crippen LogP contribution is -2.52. The number of rotatable bonds is 13. The number of methoxy groups -OCH3 is 1. The number of para-hydroxylation sites is 1. The Bertz CT molecular complexity index is 1090. The molecule has 2 rings (SSSR count). The number of ether oxygens (including phenoxy) is 1. The molecule has 0 aromatic heterocycles. The Kier molecular flexibility index (Phi) is 10.6. The molecule has 0 spiro atoms. The van der Waals surface area contributed by atoms with E-state index in [1.165, 1.54) is 4.90 Å². The molecule has 9 heteroatoms. The van der Waals surface area contributed by atoms with Crippen LogP contribution in [0, 0.1) is 6.92 Å². The average Bonchev–Trinajstić information content (AvgIpc) is 2.82. The Labute approximate surface area is 209 Å². The number of amides is 2. The SMILES string of the molecule is CCCCNC(=O)[C@H](CC)N(Cc1ccc(OC)cc1)C(=O)CN(c1ccccc1C)S(C)(=O)=O. The third-order valence-corrected chi connectivity index (χ3v) is 6.92. The number of unbranched alkanes of at least 4 members (excludes halogenated alkanes) is 1. The first-order chi connectivity index (χ1) is 16.6. The minimum Gasteiger partial charge on any atom is -0.497 e. The van der Waals surface area contributed by atoms with Gasteiger partial charge in [-0.25, -0.2) is 8.42 Å². The predicted molar refractivity (Wildman–Crippen MR) is 139 cm³/mol. The second kappa shape index (κ2) is 13.1. The largest absolute Gasteiger partial charge is 0.497 e. The van der Waals surface area contributed by atoms with Crippen LogP contribution in [0.2, 0.25) is 0 Å². The summed E-state index contributed by atoms with van der Waals surface area (Å²) in [6, 6.07) is 13.5. The summed E-state index contributed by atoms with van der Waals surface area (Å²) >= 11 is 0. The van der Waals surface area contributed by atoms with E-state index >= 15 is 0 Å². The molecule has 0 fully saturated rings. The van der Waals surface area contributed by atoms with Crippen LogP contribution in [0.3, 0.4) is 0 Å². The van der Waals surface area contributed by atoms with Gasteiger partial charge in [-0.2, -0.15) is 0 Å². The van der Waals surface area contributed by atoms with Crippen molar-refractivity contribution in [2.24, 2.45) is 0 Å². The molecule has 0 unspecified atom stereocenters. The van der Waals surface area contributed by atoms with Crippen LogP contribution in [0.4, 0.5) is 5.69 Å². The average molecular weight is 504 g/mol. The van der Waals surface area contributed by atoms with Crippen molar-refractivity contribution in [3.05, 3.63) is 59.7 Å². The van der Waals surface area contributed by atoms with E-state index in [1.54, 1.807) is 44.4 Å². The standard InChI is InChI=1S/C26H37N3O5S/c1-6-8-17-27-26(31)23(7-2)28(18-21-13-15-22(34-4)16-14-21)25(30)19-29(35(5,32)33)24-12-10-9-11-20(24)3/h9-16,23H,6-8,17-19H2,1-5H3,(H,27,31)/t23-/m0/s1. The normalized spacial score (nSPS) is 12.0. The Balaban J connectivity index is 2.41. The zero-order valence-electron chi connectivity index (χ0n) is 21.3. The lowest BCUT2D eigenvalue weighted by molar-refractivity contribution is -0.140. The van der Waals surface area contributed by atoms with E-state index in [0.717, 1.165) is 34.5 Å². The molecule has 35 heavy (non-hydrogen) atoms. The fourth-order valence-corrected chi connectivity index (χ4v) is 4.70. The van der Waals surface area contributed by atoms with E-state index < -0.39 is 28.5 Å². The maximum absolute atomic E-state index is 13.7. The van der Waals surface area contributed by atoms with Crippen molar-refractivity contribution in [2.75, 3.05) is 30.8 Å². The first kappa shape index (κ1) is 28.2. The number of sulfonamides is 1. The molecule has 2 amide bonds. The quantitative estimate of drug-likeness (QED) is 0.422. The van der Waals surface area contributed by atoms with Crippen LogP contribution >= 0.6 is 0 Å². The molecule has 2 aromatic carbocycles. The van der Waals surface area contributed by atoms with Crippen molar-refractivity contribution >= 4 is 27.5 Å². The first-order valence-corrected chi connectivity index (χ1v) is 13.7. The Morgan fingerprint density at radius 2 is 1.71 bits per heavy atom. The summed E-state index contributed by atoms with van der Waals surface area (Å²) in [6.45, 7) is 5.95. The van der Waals surface area contributed by atoms with E-state index in [2.05, 4.69) is 5.32 Å². The Hall–Kier alpha value is -3.07. The summed E-state index contributed by atoms with van der Waals surface area (Å²) in [6.07, 6.45) is 3.24. The van der Waals surface area contributed by atoms with Crippen molar-refractivity contribution in [1.82, 2.24) is 10.2 Å². The van der Waals surface area contributed by atoms with E-state index in [1.807, 2.05) is 32.0 Å². The molecule has 1 atom stereocenters. The maximum atomic E-state index is 13.7. The monoisotopic (exact) mass is 503 g/mol. The molecule has 0 bridgehead atoms. The molecule has 0 aliphatic rings. The summed E-state index contributed by atoms with van der Waals surface area (Å²) in [7, 11) is -2.18. The topological polar surface area (TPSA) is 96.0 Å². The number of aryl methyl sites for hydroxylation is 1. The van der Waals surface area contributed by atoms with Crippen molar-refractivity contribution < 1.29 is 22.7 Å². The second-order valence-corrected chi connectivity index (χ2v) is 10.4. The summed E-state index contributed by atoms with van der Waals surface area (Å²) in [5.74, 6) is -0.0182. The zero-order valence-corrected chi connectivity index (χ0v) is 22.1. The number of carbonyl (C=O) groups excluding carboxylic acids is 2. The molecule has 2 aromatic rings. The van der Waals surface area contributed by atoms with Gasteiger partial charge in [0.2, 0.25) is 21.8 Å². The van der Waals surface area contributed by atoms with Gasteiger partial charge in [0.15, 0.2) is 0 Å². The van der Waals surface area contributed by atoms with Crippen LogP contribution in [-0.2, 0) is 26.2 Å². The molecule has 8 nitrogen and oxygen atoms in total. The van der Waals surface area contributed by atoms with E-state index in [-0.39, 0.29) is 12.5 Å². The number of nitrogens with zero attached hydrogens (tertiary/aromatic N) is 2. The molecule has 0 aliphatic carbocycles. The number of hydrogen-bond acceptors (Lipinski definition) is 5. The van der Waals surface area contributed by atoms with Gasteiger partial charge in [-0.3, -0.25) is 13.9 Å². The summed E-state index contributed by atoms with van der Waals surface area (Å²) in [5, 5.41) is 2.91. The van der Waals surface area contributed by atoms with Crippen LogP contribution in [0.25, 0.3) is 0 Å². The molecule has 1 N–H and O–H groups in total. The maximum Gasteiger partial charge on any atom is 0.244 e. The Morgan fingerprint density at radius 3 is 2.26 bits per heavy atom. The second-order valence-electron chi connectivity index (χ2n) is 8.49. The van der Waals surface area contributed by atoms with Gasteiger partial charge in [-0.15, -0.1) is 0 Å². The van der Waals surface area contributed by atoms with Gasteiger partial charge in [0.05, 0.1) is 19.1 Å². The van der Waals surface area contributed by atoms with Crippen molar-refractivity contribution in [2.45, 2.75) is 52.6 Å². The van der Waals surface area contributed by atoms with Crippen LogP contribution in [0.5, 0.6) is 5.75 Å². The van der Waals surface area contributed by atoms with Gasteiger partial charge in [0, 0.05) is 13.1 Å². The zero-order chi connectivity index (χ0) is 26.0. The highest BCUT2D eigenvalue weighted by atomic mass is 32.2. The molecule has 0 radical (unpaired) electrons. The smallest absolute Gasteiger partial charge is 0.244 e. The van der Waals surface area contributed by atoms with E-state index in [9.17, 15) is 18.0 Å². The van der Waals surface area contributed by atoms with Gasteiger partial charge in [-0.05, 0) is 49.1 Å². The number of carbonyl (C=O) groups is 2. The lowest BCUT2D eigenvalue weighted by Gasteiger charge is -2.33. The van der Waals surface area contributed by atoms with Crippen LogP contribution in [-0.4, -0.2) is 57.6 Å². The number of hydrogen-bond donors (Lipinski definition) is 1. The minimum atomic E-state index is -3.75. The van der Waals surface area contributed by atoms with Crippen LogP contribution in [0.1, 0.15) is 44.2 Å². The highest BCUT2D eigenvalue weighted by Gasteiger charge is 2.32. The summed E-state index contributed by atoms with van der Waals surface area (Å²) < 4.78 is 31.7. The summed E-state index contributed by atoms with van der Waals surface area (Å²) in [5.41, 5.74) is 1.98. The molecule has 0 aliphatic heterocycles. The predicted octanol–water partition coefficient (Wildman–Crippen LogP) is 3.49. The molecule has 0 saturated heterocycles. The van der Waals surface area contributed by atoms with Crippen molar-refractivity contribution in [3.63, 3.8) is 0 Å². The van der Waals surface area contributed by atoms with Crippen molar-refractivity contribution in [1.29, 1.82) is 0 Å². The number of nitrogens with one attached hydrogen (secondary N) is 1. The van der Waals surface area contributed by atoms with E-state index in [0.29, 0.717) is 24.4 Å². The third kappa shape index (κ3) is 7.99. The molecule has 0 saturated carbocycles. The lowest BCUT2D eigenvalue weighted by atomic mass is 10.1. The van der Waals surface area contributed by atoms with Crippen LogP contribution in [0.15, 0.2) is 48.5 Å². The molecular weight excluding hydrogens is 466 g/mol. The fraction of sp³-hybridized carbons (Fsp3) is 0.462. The first-order valence-electron chi connectivity index (χ1n) is 11.9. The minimum absolute atomic E-state index is 0.161. The van der Waals surface area contributed by atoms with Crippen molar-refractivity contribution in [3.8, 4) is 5.75 Å². The van der Waals surface area contributed by atoms with Crippen LogP contribution < -0.4 is 14.4 Å². The fourth-order valence-electron chi connectivity index (χ4n) is 3.79. The number of benzene rings is 2. The molecule has 0 heterocycles. The highest BCUT2D eigenvalue weighted by Crippen LogP contribution is 2.23. The van der Waals surface area contributed by atoms with Gasteiger partial charge in [0.25, 0.3) is 0 Å². The molecule has 192 valence electrons. The van der Waals surface area contributed by atoms with Gasteiger partial charge < -0.3 is 15.0 Å². The molecular formula is C26H37N3O5S. The van der Waals surface area contributed by atoms with E-state index in [4.69, 9.17) is 4.74 Å². The summed E-state index contributed by atoms with van der Waals surface area (Å²) in [4.78, 5) is 28.2. The van der Waals surface area contributed by atoms with Gasteiger partial charge >= 0.3 is 0 Å². The Morgan fingerprint density at radius 1 is 1.06 bits per heavy atom. The number of anilines is 1. The highest BCUT2D eigenvalue weighted by molar-refractivity contribution is 7.92. The van der Waals surface area contributed by atoms with Gasteiger partial charge in [0.1, 0.15) is 18.3 Å².